The summed E-state index contributed by atoms with van der Waals surface area (Å²) in [7, 11) is 0. The molecule has 0 bridgehead atoms. The van der Waals surface area contributed by atoms with Crippen molar-refractivity contribution in [1.82, 2.24) is 20.2 Å². The van der Waals surface area contributed by atoms with E-state index >= 15 is 0 Å². The van der Waals surface area contributed by atoms with Gasteiger partial charge in [0, 0.05) is 53.4 Å². The fraction of sp³-hybridized carbons (Fsp3) is 0.381. The Hall–Kier alpha value is -2.71. The average Bonchev–Trinajstić information content (AvgIpc) is 3.16. The second-order valence-corrected chi connectivity index (χ2v) is 9.09. The Morgan fingerprint density at radius 1 is 1.21 bits per heavy atom. The van der Waals surface area contributed by atoms with Crippen molar-refractivity contribution in [3.8, 4) is 0 Å². The molecule has 2 aliphatic rings. The van der Waals surface area contributed by atoms with Crippen LogP contribution >= 0.6 is 11.3 Å². The summed E-state index contributed by atoms with van der Waals surface area (Å²) in [4.78, 5) is 12.0. The Kier molecular flexibility index (Phi) is 3.95. The summed E-state index contributed by atoms with van der Waals surface area (Å²) >= 11 is 1.71. The number of aliphatic hydroxyl groups is 1. The molecule has 0 unspecified atom stereocenters. The van der Waals surface area contributed by atoms with Crippen LogP contribution in [0.15, 0.2) is 30.3 Å². The maximum absolute atomic E-state index is 9.52. The second-order valence-electron chi connectivity index (χ2n) is 8.04. The molecule has 1 saturated carbocycles. The minimum Gasteiger partial charge on any atom is -0.396 e. The molecule has 3 aromatic heterocycles. The molecule has 1 saturated heterocycles. The molecule has 4 aromatic rings. The first-order valence-electron chi connectivity index (χ1n) is 10.2. The van der Waals surface area contributed by atoms with Gasteiger partial charge in [-0.2, -0.15) is 10.1 Å². The number of nitrogens with zero attached hydrogens (tertiary/aromatic N) is 4. The molecule has 6 rings (SSSR count). The van der Waals surface area contributed by atoms with E-state index in [0.29, 0.717) is 5.92 Å². The highest BCUT2D eigenvalue weighted by atomic mass is 32.1. The number of nitrogens with one attached hydrogen (secondary N) is 2. The number of hydrogen-bond donors (Lipinski definition) is 3. The van der Waals surface area contributed by atoms with Crippen LogP contribution in [0.1, 0.15) is 30.9 Å². The molecular formula is C21H22N6OS. The second kappa shape index (κ2) is 6.67. The Balaban J connectivity index is 1.45. The predicted molar refractivity (Wildman–Crippen MR) is 116 cm³/mol. The van der Waals surface area contributed by atoms with Gasteiger partial charge in [-0.15, -0.1) is 11.3 Å². The largest absolute Gasteiger partial charge is 0.396 e. The normalized spacial score (nSPS) is 19.5. The number of aromatic amines is 1. The van der Waals surface area contributed by atoms with Gasteiger partial charge in [-0.05, 0) is 25.3 Å². The zero-order valence-electron chi connectivity index (χ0n) is 15.9. The van der Waals surface area contributed by atoms with Gasteiger partial charge in [-0.1, -0.05) is 18.2 Å². The monoisotopic (exact) mass is 406 g/mol. The van der Waals surface area contributed by atoms with E-state index in [1.807, 2.05) is 0 Å². The number of aromatic nitrogens is 4. The van der Waals surface area contributed by atoms with Crippen molar-refractivity contribution < 1.29 is 5.11 Å². The lowest BCUT2D eigenvalue weighted by Crippen LogP contribution is -2.23. The summed E-state index contributed by atoms with van der Waals surface area (Å²) in [6.07, 6.45) is 3.44. The molecule has 7 nitrogen and oxygen atoms in total. The summed E-state index contributed by atoms with van der Waals surface area (Å²) in [5, 5.41) is 21.7. The molecule has 1 aliphatic heterocycles. The smallest absolute Gasteiger partial charge is 0.227 e. The lowest BCUT2D eigenvalue weighted by Gasteiger charge is -2.17. The van der Waals surface area contributed by atoms with Gasteiger partial charge in [0.15, 0.2) is 11.6 Å². The third-order valence-electron chi connectivity index (χ3n) is 5.90. The van der Waals surface area contributed by atoms with Gasteiger partial charge in [-0.3, -0.25) is 5.10 Å². The van der Waals surface area contributed by atoms with Crippen LogP contribution in [0.3, 0.4) is 0 Å². The molecule has 1 atom stereocenters. The third-order valence-corrected chi connectivity index (χ3v) is 7.06. The summed E-state index contributed by atoms with van der Waals surface area (Å²) in [6.45, 7) is 1.87. The van der Waals surface area contributed by atoms with E-state index in [0.717, 1.165) is 52.7 Å². The molecular weight excluding hydrogens is 384 g/mol. The van der Waals surface area contributed by atoms with Crippen molar-refractivity contribution in [1.29, 1.82) is 0 Å². The van der Waals surface area contributed by atoms with E-state index in [1.54, 1.807) is 11.3 Å². The molecule has 148 valence electrons. The lowest BCUT2D eigenvalue weighted by molar-refractivity contribution is 0.238. The molecule has 0 radical (unpaired) electrons. The molecule has 1 aromatic carbocycles. The van der Waals surface area contributed by atoms with Crippen molar-refractivity contribution in [2.45, 2.75) is 25.2 Å². The number of thiophene rings is 1. The Bertz CT molecular complexity index is 1200. The van der Waals surface area contributed by atoms with E-state index < -0.39 is 0 Å². The number of anilines is 3. The van der Waals surface area contributed by atoms with E-state index in [1.165, 1.54) is 23.2 Å². The van der Waals surface area contributed by atoms with Crippen LogP contribution in [0.4, 0.5) is 17.6 Å². The fourth-order valence-electron chi connectivity index (χ4n) is 4.09. The van der Waals surface area contributed by atoms with Crippen molar-refractivity contribution >= 4 is 49.2 Å². The standard InChI is InChI=1S/C21H22N6OS/c28-11-12-7-8-27(10-12)21-23-18-14-3-1-2-4-16(14)29-19(18)20(24-21)22-17-9-15(25-26-17)13-5-6-13/h1-4,9,12-13,28H,5-8,10-11H2,(H2,22,23,24,25,26)/t12-/m0/s1. The van der Waals surface area contributed by atoms with Gasteiger partial charge < -0.3 is 15.3 Å². The number of H-pyrrole nitrogens is 1. The van der Waals surface area contributed by atoms with Gasteiger partial charge in [0.25, 0.3) is 0 Å². The maximum atomic E-state index is 9.52. The summed E-state index contributed by atoms with van der Waals surface area (Å²) in [5.74, 6) is 3.23. The Labute approximate surface area is 171 Å². The van der Waals surface area contributed by atoms with Crippen LogP contribution in [0.25, 0.3) is 20.3 Å². The van der Waals surface area contributed by atoms with E-state index in [2.05, 4.69) is 50.7 Å². The number of rotatable bonds is 5. The van der Waals surface area contributed by atoms with Crippen LogP contribution in [0.2, 0.25) is 0 Å². The lowest BCUT2D eigenvalue weighted by atomic mass is 10.1. The fourth-order valence-corrected chi connectivity index (χ4v) is 5.18. The maximum Gasteiger partial charge on any atom is 0.227 e. The SMILES string of the molecule is OC[C@H]1CCN(c2nc(Nc3cc(C4CC4)[nH]n3)c3sc4ccccc4c3n2)C1. The van der Waals surface area contributed by atoms with E-state index in [-0.39, 0.29) is 12.5 Å². The quantitative estimate of drug-likeness (QED) is 0.464. The average molecular weight is 407 g/mol. The predicted octanol–water partition coefficient (Wildman–Crippen LogP) is 4.01. The van der Waals surface area contributed by atoms with Crippen molar-refractivity contribution in [2.75, 3.05) is 29.9 Å². The molecule has 29 heavy (non-hydrogen) atoms. The van der Waals surface area contributed by atoms with Gasteiger partial charge in [0.2, 0.25) is 5.95 Å². The van der Waals surface area contributed by atoms with Gasteiger partial charge in [0.1, 0.15) is 0 Å². The molecule has 8 heteroatoms. The van der Waals surface area contributed by atoms with Gasteiger partial charge in [-0.25, -0.2) is 4.98 Å². The zero-order valence-corrected chi connectivity index (χ0v) is 16.7. The highest BCUT2D eigenvalue weighted by Gasteiger charge is 2.27. The van der Waals surface area contributed by atoms with Crippen molar-refractivity contribution in [3.63, 3.8) is 0 Å². The zero-order chi connectivity index (χ0) is 19.4. The first-order chi connectivity index (χ1) is 14.3. The van der Waals surface area contributed by atoms with Crippen LogP contribution < -0.4 is 10.2 Å². The van der Waals surface area contributed by atoms with Gasteiger partial charge >= 0.3 is 0 Å². The Morgan fingerprint density at radius 3 is 2.93 bits per heavy atom. The minimum absolute atomic E-state index is 0.211. The molecule has 0 amide bonds. The summed E-state index contributed by atoms with van der Waals surface area (Å²) in [5.41, 5.74) is 2.17. The molecule has 4 heterocycles. The Morgan fingerprint density at radius 2 is 2.10 bits per heavy atom. The van der Waals surface area contributed by atoms with Crippen molar-refractivity contribution in [3.05, 3.63) is 36.0 Å². The van der Waals surface area contributed by atoms with E-state index in [4.69, 9.17) is 9.97 Å². The molecule has 0 spiro atoms. The van der Waals surface area contributed by atoms with Gasteiger partial charge in [0.05, 0.1) is 10.2 Å². The number of benzene rings is 1. The van der Waals surface area contributed by atoms with Crippen molar-refractivity contribution in [2.24, 2.45) is 5.92 Å². The first-order valence-corrected chi connectivity index (χ1v) is 11.0. The molecule has 3 N–H and O–H groups in total. The molecule has 2 fully saturated rings. The number of fused-ring (bicyclic) bond motifs is 3. The summed E-state index contributed by atoms with van der Waals surface area (Å²) in [6, 6.07) is 10.4. The van der Waals surface area contributed by atoms with Crippen LogP contribution in [-0.4, -0.2) is 45.0 Å². The number of hydrogen-bond acceptors (Lipinski definition) is 7. The highest BCUT2D eigenvalue weighted by Crippen LogP contribution is 2.41. The van der Waals surface area contributed by atoms with Crippen LogP contribution in [-0.2, 0) is 0 Å². The van der Waals surface area contributed by atoms with Crippen LogP contribution in [0, 0.1) is 5.92 Å². The minimum atomic E-state index is 0.211. The van der Waals surface area contributed by atoms with Crippen LogP contribution in [0.5, 0.6) is 0 Å². The number of aliphatic hydroxyl groups excluding tert-OH is 1. The summed E-state index contributed by atoms with van der Waals surface area (Å²) < 4.78 is 2.25. The third kappa shape index (κ3) is 3.03. The van der Waals surface area contributed by atoms with E-state index in [9.17, 15) is 5.11 Å². The topological polar surface area (TPSA) is 90.0 Å². The molecule has 1 aliphatic carbocycles. The highest BCUT2D eigenvalue weighted by molar-refractivity contribution is 7.26. The first kappa shape index (κ1) is 17.2.